The van der Waals surface area contributed by atoms with Gasteiger partial charge >= 0.3 is 0 Å². The molecule has 1 saturated heterocycles. The quantitative estimate of drug-likeness (QED) is 0.908. The topological polar surface area (TPSA) is 49.0 Å². The van der Waals surface area contributed by atoms with Crippen molar-refractivity contribution in [2.24, 2.45) is 11.8 Å². The fraction of sp³-hybridized carbons (Fsp3) is 0.684. The van der Waals surface area contributed by atoms with Gasteiger partial charge in [-0.05, 0) is 56.0 Å². The van der Waals surface area contributed by atoms with E-state index in [2.05, 4.69) is 9.88 Å². The molecule has 1 N–H and O–H groups in total. The van der Waals surface area contributed by atoms with E-state index in [0.717, 1.165) is 53.8 Å². The maximum Gasteiger partial charge on any atom is 0.259 e. The zero-order valence-electron chi connectivity index (χ0n) is 14.1. The number of piperidine rings is 1. The van der Waals surface area contributed by atoms with E-state index in [4.69, 9.17) is 4.98 Å². The zero-order chi connectivity index (χ0) is 16.1. The molecule has 0 aromatic carbocycles. The van der Waals surface area contributed by atoms with Crippen molar-refractivity contribution in [3.8, 4) is 0 Å². The lowest BCUT2D eigenvalue weighted by Gasteiger charge is -2.41. The highest BCUT2D eigenvalue weighted by Crippen LogP contribution is 2.37. The Morgan fingerprint density at radius 2 is 2.00 bits per heavy atom. The van der Waals surface area contributed by atoms with Gasteiger partial charge in [-0.1, -0.05) is 19.3 Å². The highest BCUT2D eigenvalue weighted by atomic mass is 32.1. The summed E-state index contributed by atoms with van der Waals surface area (Å²) in [6.45, 7) is 3.15. The first-order valence-corrected chi connectivity index (χ1v) is 10.4. The molecule has 0 amide bonds. The van der Waals surface area contributed by atoms with Crippen LogP contribution in [0.25, 0.3) is 10.2 Å². The van der Waals surface area contributed by atoms with E-state index < -0.39 is 0 Å². The molecular formula is C19H25N3OS. The Kier molecular flexibility index (Phi) is 3.74. The molecule has 2 aliphatic carbocycles. The van der Waals surface area contributed by atoms with Crippen LogP contribution >= 0.6 is 11.3 Å². The second-order valence-electron chi connectivity index (χ2n) is 7.88. The van der Waals surface area contributed by atoms with Crippen molar-refractivity contribution in [2.45, 2.75) is 57.9 Å². The normalized spacial score (nSPS) is 27.3. The van der Waals surface area contributed by atoms with Crippen molar-refractivity contribution in [3.63, 3.8) is 0 Å². The molecule has 2 atom stereocenters. The Bertz CT molecular complexity index is 824. The van der Waals surface area contributed by atoms with Gasteiger partial charge < -0.3 is 4.98 Å². The van der Waals surface area contributed by atoms with E-state index in [1.165, 1.54) is 55.5 Å². The average Bonchev–Trinajstić information content (AvgIpc) is 3.15. The third-order valence-corrected chi connectivity index (χ3v) is 7.56. The van der Waals surface area contributed by atoms with Crippen molar-refractivity contribution in [1.29, 1.82) is 0 Å². The molecule has 3 aliphatic rings. The summed E-state index contributed by atoms with van der Waals surface area (Å²) in [6.07, 6.45) is 10.3. The summed E-state index contributed by atoms with van der Waals surface area (Å²) in [4.78, 5) is 25.4. The number of aryl methyl sites for hydroxylation is 2. The number of thiophene rings is 1. The minimum absolute atomic E-state index is 0.0851. The zero-order valence-corrected chi connectivity index (χ0v) is 15.0. The standard InChI is InChI=1S/C19H25N3OS/c23-18-17-14-6-3-7-15(14)24-19(17)21-16(20-18)11-22-9-8-12-4-1-2-5-13(12)10-22/h12-13H,1-11H2,(H,20,21,23)/t12-,13+/m1/s1. The first-order valence-electron chi connectivity index (χ1n) is 9.54. The van der Waals surface area contributed by atoms with Gasteiger partial charge in [-0.25, -0.2) is 4.98 Å². The Hall–Kier alpha value is -1.20. The highest BCUT2D eigenvalue weighted by molar-refractivity contribution is 7.18. The molecule has 4 nitrogen and oxygen atoms in total. The monoisotopic (exact) mass is 343 g/mol. The van der Waals surface area contributed by atoms with Crippen LogP contribution in [0.4, 0.5) is 0 Å². The number of hydrogen-bond acceptors (Lipinski definition) is 4. The van der Waals surface area contributed by atoms with Crippen molar-refractivity contribution >= 4 is 21.6 Å². The van der Waals surface area contributed by atoms with E-state index >= 15 is 0 Å². The Labute approximate surface area is 146 Å². The maximum atomic E-state index is 12.6. The molecule has 0 spiro atoms. The first kappa shape index (κ1) is 15.1. The molecule has 1 saturated carbocycles. The van der Waals surface area contributed by atoms with Crippen LogP contribution in [0.15, 0.2) is 4.79 Å². The number of H-pyrrole nitrogens is 1. The van der Waals surface area contributed by atoms with Gasteiger partial charge in [-0.3, -0.25) is 9.69 Å². The molecule has 5 rings (SSSR count). The molecule has 128 valence electrons. The fourth-order valence-electron chi connectivity index (χ4n) is 5.15. The van der Waals surface area contributed by atoms with Gasteiger partial charge in [0.15, 0.2) is 0 Å². The molecule has 2 aromatic rings. The number of fused-ring (bicyclic) bond motifs is 4. The Morgan fingerprint density at radius 3 is 2.92 bits per heavy atom. The maximum absolute atomic E-state index is 12.6. The molecular weight excluding hydrogens is 318 g/mol. The number of aromatic amines is 1. The number of nitrogens with one attached hydrogen (secondary N) is 1. The second kappa shape index (κ2) is 5.95. The number of hydrogen-bond donors (Lipinski definition) is 1. The molecule has 0 unspecified atom stereocenters. The minimum Gasteiger partial charge on any atom is -0.309 e. The molecule has 1 aliphatic heterocycles. The summed E-state index contributed by atoms with van der Waals surface area (Å²) in [5, 5.41) is 0.877. The van der Waals surface area contributed by atoms with Gasteiger partial charge in [-0.15, -0.1) is 11.3 Å². The molecule has 2 fully saturated rings. The van der Waals surface area contributed by atoms with Gasteiger partial charge in [0.2, 0.25) is 0 Å². The largest absolute Gasteiger partial charge is 0.309 e. The van der Waals surface area contributed by atoms with Gasteiger partial charge in [-0.2, -0.15) is 0 Å². The third-order valence-electron chi connectivity index (χ3n) is 6.37. The van der Waals surface area contributed by atoms with Crippen LogP contribution < -0.4 is 5.56 Å². The Morgan fingerprint density at radius 1 is 1.12 bits per heavy atom. The second-order valence-corrected chi connectivity index (χ2v) is 8.96. The number of nitrogens with zero attached hydrogens (tertiary/aromatic N) is 2. The lowest BCUT2D eigenvalue weighted by Crippen LogP contribution is -2.41. The van der Waals surface area contributed by atoms with Crippen LogP contribution in [0.1, 0.15) is 54.8 Å². The summed E-state index contributed by atoms with van der Waals surface area (Å²) in [5.74, 6) is 2.68. The van der Waals surface area contributed by atoms with Crippen molar-refractivity contribution in [3.05, 3.63) is 26.6 Å². The third kappa shape index (κ3) is 2.53. The van der Waals surface area contributed by atoms with Gasteiger partial charge in [0.05, 0.1) is 11.9 Å². The smallest absolute Gasteiger partial charge is 0.259 e. The van der Waals surface area contributed by atoms with Crippen molar-refractivity contribution in [2.75, 3.05) is 13.1 Å². The summed E-state index contributed by atoms with van der Waals surface area (Å²) in [5.41, 5.74) is 1.36. The summed E-state index contributed by atoms with van der Waals surface area (Å²) in [6, 6.07) is 0. The lowest BCUT2D eigenvalue weighted by molar-refractivity contribution is 0.0803. The predicted octanol–water partition coefficient (Wildman–Crippen LogP) is 3.49. The van der Waals surface area contributed by atoms with Crippen LogP contribution in [0, 0.1) is 11.8 Å². The summed E-state index contributed by atoms with van der Waals surface area (Å²) < 4.78 is 0. The molecule has 24 heavy (non-hydrogen) atoms. The minimum atomic E-state index is 0.0851. The van der Waals surface area contributed by atoms with Crippen molar-refractivity contribution in [1.82, 2.24) is 14.9 Å². The molecule has 3 heterocycles. The van der Waals surface area contributed by atoms with Crippen LogP contribution in [-0.2, 0) is 19.4 Å². The van der Waals surface area contributed by atoms with Crippen LogP contribution in [-0.4, -0.2) is 28.0 Å². The number of likely N-dealkylation sites (tertiary alicyclic amines) is 1. The van der Waals surface area contributed by atoms with E-state index in [9.17, 15) is 4.79 Å². The number of aromatic nitrogens is 2. The molecule has 2 aromatic heterocycles. The van der Waals surface area contributed by atoms with Gasteiger partial charge in [0, 0.05) is 11.4 Å². The van der Waals surface area contributed by atoms with E-state index in [1.54, 1.807) is 11.3 Å². The summed E-state index contributed by atoms with van der Waals surface area (Å²) >= 11 is 1.75. The molecule has 0 radical (unpaired) electrons. The van der Waals surface area contributed by atoms with E-state index in [0.29, 0.717) is 0 Å². The van der Waals surface area contributed by atoms with Crippen LogP contribution in [0.3, 0.4) is 0 Å². The van der Waals surface area contributed by atoms with Crippen molar-refractivity contribution < 1.29 is 0 Å². The fourth-order valence-corrected chi connectivity index (χ4v) is 6.43. The lowest BCUT2D eigenvalue weighted by atomic mass is 9.75. The first-order chi connectivity index (χ1) is 11.8. The molecule has 5 heteroatoms. The van der Waals surface area contributed by atoms with E-state index in [-0.39, 0.29) is 5.56 Å². The van der Waals surface area contributed by atoms with Gasteiger partial charge in [0.25, 0.3) is 5.56 Å². The van der Waals surface area contributed by atoms with Crippen LogP contribution in [0.5, 0.6) is 0 Å². The highest BCUT2D eigenvalue weighted by Gasteiger charge is 2.31. The predicted molar refractivity (Wildman–Crippen MR) is 97.6 cm³/mol. The van der Waals surface area contributed by atoms with Crippen LogP contribution in [0.2, 0.25) is 0 Å². The SMILES string of the molecule is O=c1[nH]c(CN2CC[C@H]3CCCC[C@H]3C2)nc2sc3c(c12)CCC3. The van der Waals surface area contributed by atoms with Gasteiger partial charge in [0.1, 0.15) is 10.7 Å². The van der Waals surface area contributed by atoms with E-state index in [1.807, 2.05) is 0 Å². The molecule has 0 bridgehead atoms. The Balaban J connectivity index is 1.38. The summed E-state index contributed by atoms with van der Waals surface area (Å²) in [7, 11) is 0. The average molecular weight is 343 g/mol. The number of rotatable bonds is 2.